The summed E-state index contributed by atoms with van der Waals surface area (Å²) in [5, 5.41) is 0. The molecule has 1 heterocycles. The zero-order chi connectivity index (χ0) is 31.1. The highest BCUT2D eigenvalue weighted by Crippen LogP contribution is 2.65. The fraction of sp³-hybridized carbons (Fsp3) is 0.561. The zero-order valence-corrected chi connectivity index (χ0v) is 29.9. The van der Waals surface area contributed by atoms with Crippen molar-refractivity contribution in [1.82, 2.24) is 0 Å². The van der Waals surface area contributed by atoms with Gasteiger partial charge in [0.2, 0.25) is 0 Å². The maximum absolute atomic E-state index is 2.74. The molecule has 2 aromatic carbocycles. The molecule has 3 aliphatic carbocycles. The van der Waals surface area contributed by atoms with E-state index in [9.17, 15) is 0 Å². The van der Waals surface area contributed by atoms with Gasteiger partial charge in [-0.05, 0) is 139 Å². The van der Waals surface area contributed by atoms with Gasteiger partial charge in [0, 0.05) is 30.1 Å². The Balaban J connectivity index is 1.56. The molecule has 0 N–H and O–H groups in total. The first-order chi connectivity index (χ1) is 21.1. The molecule has 1 saturated heterocycles. The predicted molar refractivity (Wildman–Crippen MR) is 195 cm³/mol. The third-order valence-electron chi connectivity index (χ3n) is 11.0. The summed E-state index contributed by atoms with van der Waals surface area (Å²) in [6.07, 6.45) is 19.4. The SMILES string of the molecule is CC(C)=CC=C1C(=C2N(c3c(C)cc(C)cc3C)CCN2c2c(C)cc(C)cc2C)CCC1P(C1CCCC1)C1CCCC1. The molecule has 2 nitrogen and oxygen atoms in total. The van der Waals surface area contributed by atoms with E-state index in [-0.39, 0.29) is 7.92 Å². The fourth-order valence-corrected chi connectivity index (χ4v) is 14.1. The Kier molecular flexibility index (Phi) is 9.50. The normalized spacial score (nSPS) is 22.5. The van der Waals surface area contributed by atoms with E-state index in [1.807, 2.05) is 0 Å². The summed E-state index contributed by atoms with van der Waals surface area (Å²) >= 11 is 0. The summed E-state index contributed by atoms with van der Waals surface area (Å²) in [5.41, 5.74) is 18.7. The van der Waals surface area contributed by atoms with Gasteiger partial charge in [-0.3, -0.25) is 0 Å². The van der Waals surface area contributed by atoms with Gasteiger partial charge in [0.25, 0.3) is 0 Å². The third-order valence-corrected chi connectivity index (χ3v) is 14.9. The maximum atomic E-state index is 2.74. The Bertz CT molecular complexity index is 1350. The van der Waals surface area contributed by atoms with Crippen LogP contribution in [0.5, 0.6) is 0 Å². The molecular weight excluding hydrogens is 551 g/mol. The molecule has 1 aliphatic heterocycles. The van der Waals surface area contributed by atoms with Gasteiger partial charge >= 0.3 is 0 Å². The molecule has 0 radical (unpaired) electrons. The molecule has 3 saturated carbocycles. The molecule has 4 aliphatic rings. The molecule has 6 rings (SSSR count). The number of rotatable bonds is 6. The smallest absolute Gasteiger partial charge is 0.117 e. The predicted octanol–water partition coefficient (Wildman–Crippen LogP) is 11.5. The van der Waals surface area contributed by atoms with Crippen molar-refractivity contribution in [2.45, 2.75) is 137 Å². The van der Waals surface area contributed by atoms with Crippen molar-refractivity contribution in [3.05, 3.63) is 92.3 Å². The van der Waals surface area contributed by atoms with Crippen LogP contribution in [0.3, 0.4) is 0 Å². The van der Waals surface area contributed by atoms with Crippen LogP contribution in [-0.4, -0.2) is 30.1 Å². The van der Waals surface area contributed by atoms with E-state index in [0.29, 0.717) is 0 Å². The topological polar surface area (TPSA) is 6.48 Å². The standard InChI is InChI=1S/C41H57N2P/c1-27(2)17-18-36-37(19-20-38(36)44(34-13-9-10-14-34)35-15-11-12-16-35)41-42(39-30(5)23-28(3)24-31(39)6)21-22-43(41)40-32(7)25-29(4)26-33(40)8/h17-18,23-26,34-35,38H,9-16,19-22H2,1-8H3. The zero-order valence-electron chi connectivity index (χ0n) is 29.0. The number of benzene rings is 2. The van der Waals surface area contributed by atoms with Gasteiger partial charge in [-0.15, -0.1) is 0 Å². The van der Waals surface area contributed by atoms with Crippen LogP contribution in [0.25, 0.3) is 0 Å². The first-order valence-corrected chi connectivity index (χ1v) is 19.3. The van der Waals surface area contributed by atoms with Crippen LogP contribution in [0, 0.1) is 41.5 Å². The summed E-state index contributed by atoms with van der Waals surface area (Å²) in [4.78, 5) is 5.48. The van der Waals surface area contributed by atoms with E-state index in [1.165, 1.54) is 120 Å². The lowest BCUT2D eigenvalue weighted by Gasteiger charge is -2.37. The summed E-state index contributed by atoms with van der Waals surface area (Å²) < 4.78 is 0. The molecule has 1 atom stereocenters. The minimum atomic E-state index is -0.0145. The summed E-state index contributed by atoms with van der Waals surface area (Å²) in [6.45, 7) is 20.4. The van der Waals surface area contributed by atoms with Gasteiger partial charge in [-0.2, -0.15) is 0 Å². The monoisotopic (exact) mass is 608 g/mol. The van der Waals surface area contributed by atoms with Gasteiger partial charge in [0.15, 0.2) is 0 Å². The van der Waals surface area contributed by atoms with E-state index >= 15 is 0 Å². The van der Waals surface area contributed by atoms with Crippen LogP contribution in [0.1, 0.15) is 111 Å². The average molecular weight is 609 g/mol. The van der Waals surface area contributed by atoms with E-state index in [4.69, 9.17) is 0 Å². The number of nitrogens with zero attached hydrogens (tertiary/aromatic N) is 2. The Morgan fingerprint density at radius 1 is 0.659 bits per heavy atom. The van der Waals surface area contributed by atoms with Crippen molar-refractivity contribution < 1.29 is 0 Å². The van der Waals surface area contributed by atoms with Gasteiger partial charge in [-0.25, -0.2) is 0 Å². The number of allylic oxidation sites excluding steroid dienone is 5. The van der Waals surface area contributed by atoms with Crippen LogP contribution in [0.2, 0.25) is 0 Å². The number of hydrogen-bond donors (Lipinski definition) is 0. The van der Waals surface area contributed by atoms with Crippen LogP contribution >= 0.6 is 7.92 Å². The molecule has 4 fully saturated rings. The Morgan fingerprint density at radius 3 is 1.50 bits per heavy atom. The second-order valence-electron chi connectivity index (χ2n) is 14.8. The second kappa shape index (κ2) is 13.2. The maximum Gasteiger partial charge on any atom is 0.117 e. The molecule has 44 heavy (non-hydrogen) atoms. The van der Waals surface area contributed by atoms with Gasteiger partial charge in [0.05, 0.1) is 0 Å². The molecular formula is C41H57N2P. The van der Waals surface area contributed by atoms with Crippen LogP contribution in [0.4, 0.5) is 11.4 Å². The molecule has 0 aromatic heterocycles. The van der Waals surface area contributed by atoms with E-state index in [2.05, 4.69) is 102 Å². The number of anilines is 2. The highest BCUT2D eigenvalue weighted by molar-refractivity contribution is 7.60. The van der Waals surface area contributed by atoms with Gasteiger partial charge in [-0.1, -0.05) is 86.7 Å². The Labute approximate surface area is 270 Å². The van der Waals surface area contributed by atoms with Crippen molar-refractivity contribution in [2.75, 3.05) is 22.9 Å². The van der Waals surface area contributed by atoms with E-state index in [1.54, 1.807) is 11.1 Å². The van der Waals surface area contributed by atoms with Crippen LogP contribution in [-0.2, 0) is 0 Å². The first-order valence-electron chi connectivity index (χ1n) is 17.7. The molecule has 0 spiro atoms. The molecule has 2 aromatic rings. The van der Waals surface area contributed by atoms with Crippen molar-refractivity contribution >= 4 is 19.3 Å². The molecule has 236 valence electrons. The summed E-state index contributed by atoms with van der Waals surface area (Å²) in [5.74, 6) is 1.49. The molecule has 1 unspecified atom stereocenters. The fourth-order valence-electron chi connectivity index (χ4n) is 9.53. The largest absolute Gasteiger partial charge is 0.325 e. The van der Waals surface area contributed by atoms with Crippen LogP contribution in [0.15, 0.2) is 59.0 Å². The molecule has 0 amide bonds. The van der Waals surface area contributed by atoms with Crippen molar-refractivity contribution in [3.63, 3.8) is 0 Å². The number of hydrogen-bond acceptors (Lipinski definition) is 2. The lowest BCUT2D eigenvalue weighted by Crippen LogP contribution is -2.27. The Morgan fingerprint density at radius 2 is 1.09 bits per heavy atom. The third kappa shape index (κ3) is 6.10. The lowest BCUT2D eigenvalue weighted by atomic mass is 10.0. The first kappa shape index (κ1) is 31.7. The molecule has 3 heteroatoms. The lowest BCUT2D eigenvalue weighted by molar-refractivity contribution is 0.796. The highest BCUT2D eigenvalue weighted by atomic mass is 31.1. The highest BCUT2D eigenvalue weighted by Gasteiger charge is 2.44. The Hall–Kier alpha value is -2.31. The quantitative estimate of drug-likeness (QED) is 0.301. The van der Waals surface area contributed by atoms with Crippen molar-refractivity contribution in [2.24, 2.45) is 0 Å². The van der Waals surface area contributed by atoms with Gasteiger partial charge < -0.3 is 9.80 Å². The second-order valence-corrected chi connectivity index (χ2v) is 17.8. The minimum Gasteiger partial charge on any atom is -0.325 e. The summed E-state index contributed by atoms with van der Waals surface area (Å²) in [7, 11) is -0.0145. The van der Waals surface area contributed by atoms with Crippen LogP contribution < -0.4 is 9.80 Å². The minimum absolute atomic E-state index is 0.0145. The molecule has 0 bridgehead atoms. The average Bonchev–Trinajstić information content (AvgIpc) is 3.76. The van der Waals surface area contributed by atoms with Crippen molar-refractivity contribution in [1.29, 1.82) is 0 Å². The number of aryl methyl sites for hydroxylation is 6. The van der Waals surface area contributed by atoms with E-state index < -0.39 is 0 Å². The van der Waals surface area contributed by atoms with Crippen molar-refractivity contribution in [3.8, 4) is 0 Å². The van der Waals surface area contributed by atoms with E-state index in [0.717, 1.165) is 30.1 Å². The van der Waals surface area contributed by atoms with Gasteiger partial charge in [0.1, 0.15) is 5.82 Å². The summed E-state index contributed by atoms with van der Waals surface area (Å²) in [6, 6.07) is 9.58.